The van der Waals surface area contributed by atoms with Gasteiger partial charge in [-0.15, -0.1) is 0 Å². The van der Waals surface area contributed by atoms with Gasteiger partial charge in [-0.05, 0) is 81.9 Å². The maximum atomic E-state index is 13.4. The Kier molecular flexibility index (Phi) is 13.1. The van der Waals surface area contributed by atoms with Crippen LogP contribution in [-0.4, -0.2) is 36.0 Å². The molecule has 5 heteroatoms. The van der Waals surface area contributed by atoms with Gasteiger partial charge in [0.25, 0.3) is 0 Å². The van der Waals surface area contributed by atoms with Gasteiger partial charge in [-0.1, -0.05) is 84.1 Å². The van der Waals surface area contributed by atoms with Crippen LogP contribution in [0.2, 0.25) is 0 Å². The fourth-order valence-corrected chi connectivity index (χ4v) is 5.16. The number of carbonyl (C=O) groups excluding carboxylic acids is 2. The third-order valence-electron chi connectivity index (χ3n) is 7.30. The van der Waals surface area contributed by atoms with Crippen LogP contribution >= 0.6 is 0 Å². The average molecular weight is 514 g/mol. The summed E-state index contributed by atoms with van der Waals surface area (Å²) in [5, 5.41) is 9.62. The molecule has 0 aliphatic heterocycles. The lowest BCUT2D eigenvalue weighted by Crippen LogP contribution is -2.56. The Hall–Kier alpha value is -1.88. The van der Waals surface area contributed by atoms with Crippen molar-refractivity contribution in [3.8, 4) is 0 Å². The van der Waals surface area contributed by atoms with Gasteiger partial charge in [-0.2, -0.15) is 0 Å². The molecule has 3 N–H and O–H groups in total. The van der Waals surface area contributed by atoms with Gasteiger partial charge in [0.15, 0.2) is 0 Å². The molecular weight excluding hydrogens is 458 g/mol. The number of aryl methyl sites for hydroxylation is 1. The zero-order valence-corrected chi connectivity index (χ0v) is 24.8. The molecule has 2 rings (SSSR count). The first kappa shape index (κ1) is 31.3. The Morgan fingerprint density at radius 1 is 0.865 bits per heavy atom. The summed E-state index contributed by atoms with van der Waals surface area (Å²) in [6.45, 7) is 15.3. The molecule has 1 saturated carbocycles. The number of hydrogen-bond donors (Lipinski definition) is 3. The molecule has 0 bridgehead atoms. The van der Waals surface area contributed by atoms with Crippen LogP contribution in [0.5, 0.6) is 0 Å². The van der Waals surface area contributed by atoms with E-state index in [1.807, 2.05) is 20.8 Å². The minimum absolute atomic E-state index is 0.0874. The van der Waals surface area contributed by atoms with Crippen LogP contribution in [0.1, 0.15) is 111 Å². The van der Waals surface area contributed by atoms with Gasteiger partial charge in [0.05, 0.1) is 6.04 Å². The normalized spacial score (nSPS) is 16.6. The molecule has 5 nitrogen and oxygen atoms in total. The lowest BCUT2D eigenvalue weighted by atomic mass is 9.85. The van der Waals surface area contributed by atoms with E-state index in [1.165, 1.54) is 44.1 Å². The second kappa shape index (κ2) is 15.5. The Labute approximate surface area is 227 Å². The van der Waals surface area contributed by atoms with Gasteiger partial charge < -0.3 is 16.0 Å². The second-order valence-electron chi connectivity index (χ2n) is 13.2. The lowest BCUT2D eigenvalue weighted by Gasteiger charge is -2.28. The van der Waals surface area contributed by atoms with Gasteiger partial charge in [0.1, 0.15) is 6.04 Å². The largest absolute Gasteiger partial charge is 0.350 e. The first-order valence-electron chi connectivity index (χ1n) is 14.9. The van der Waals surface area contributed by atoms with Crippen molar-refractivity contribution >= 4 is 11.8 Å². The van der Waals surface area contributed by atoms with E-state index in [2.05, 4.69) is 67.9 Å². The molecule has 0 aromatic heterocycles. The first-order chi connectivity index (χ1) is 17.4. The Morgan fingerprint density at radius 2 is 1.49 bits per heavy atom. The molecule has 37 heavy (non-hydrogen) atoms. The predicted molar refractivity (Wildman–Crippen MR) is 156 cm³/mol. The highest BCUT2D eigenvalue weighted by Gasteiger charge is 2.28. The summed E-state index contributed by atoms with van der Waals surface area (Å²) in [5.41, 5.74) is 2.07. The van der Waals surface area contributed by atoms with Gasteiger partial charge in [-0.25, -0.2) is 0 Å². The van der Waals surface area contributed by atoms with E-state index in [9.17, 15) is 9.59 Å². The van der Waals surface area contributed by atoms with Crippen LogP contribution in [0.15, 0.2) is 24.3 Å². The number of hydrogen-bond acceptors (Lipinski definition) is 3. The van der Waals surface area contributed by atoms with Crippen LogP contribution in [0.3, 0.4) is 0 Å². The zero-order valence-electron chi connectivity index (χ0n) is 24.8. The van der Waals surface area contributed by atoms with Crippen LogP contribution in [0.4, 0.5) is 0 Å². The quantitative estimate of drug-likeness (QED) is 0.278. The van der Waals surface area contributed by atoms with Crippen molar-refractivity contribution in [1.82, 2.24) is 16.0 Å². The highest BCUT2D eigenvalue weighted by molar-refractivity contribution is 5.90. The summed E-state index contributed by atoms with van der Waals surface area (Å²) in [7, 11) is 0. The fraction of sp³-hybridized carbons (Fsp3) is 0.750. The monoisotopic (exact) mass is 513 g/mol. The van der Waals surface area contributed by atoms with Crippen molar-refractivity contribution in [2.45, 2.75) is 130 Å². The summed E-state index contributed by atoms with van der Waals surface area (Å²) in [4.78, 5) is 26.6. The van der Waals surface area contributed by atoms with Crippen LogP contribution < -0.4 is 16.0 Å². The van der Waals surface area contributed by atoms with E-state index in [0.717, 1.165) is 37.3 Å². The third-order valence-corrected chi connectivity index (χ3v) is 7.30. The highest BCUT2D eigenvalue weighted by Crippen LogP contribution is 2.27. The molecule has 1 aliphatic carbocycles. The van der Waals surface area contributed by atoms with E-state index < -0.39 is 6.04 Å². The second-order valence-corrected chi connectivity index (χ2v) is 13.2. The maximum absolute atomic E-state index is 13.4. The molecule has 0 spiro atoms. The van der Waals surface area contributed by atoms with E-state index >= 15 is 0 Å². The molecular formula is C32H55N3O2. The van der Waals surface area contributed by atoms with Crippen molar-refractivity contribution in [2.75, 3.05) is 6.54 Å². The minimum atomic E-state index is -0.610. The highest BCUT2D eigenvalue weighted by atomic mass is 16.2. The van der Waals surface area contributed by atoms with Gasteiger partial charge in [0.2, 0.25) is 11.8 Å². The van der Waals surface area contributed by atoms with Crippen molar-refractivity contribution < 1.29 is 9.59 Å². The predicted octanol–water partition coefficient (Wildman–Crippen LogP) is 6.19. The van der Waals surface area contributed by atoms with E-state index in [1.54, 1.807) is 0 Å². The van der Waals surface area contributed by atoms with Gasteiger partial charge >= 0.3 is 0 Å². The summed E-state index contributed by atoms with van der Waals surface area (Å²) in [6.07, 6.45) is 11.6. The molecule has 0 saturated heterocycles. The molecule has 1 fully saturated rings. The van der Waals surface area contributed by atoms with Crippen molar-refractivity contribution in [3.63, 3.8) is 0 Å². The minimum Gasteiger partial charge on any atom is -0.350 e. The molecule has 0 radical (unpaired) electrons. The summed E-state index contributed by atoms with van der Waals surface area (Å²) in [5.74, 6) is 1.61. The Balaban J connectivity index is 2.06. The van der Waals surface area contributed by atoms with E-state index in [4.69, 9.17) is 0 Å². The standard InChI is InChI=1S/C32H55N3O2/c1-23(2)19-20-33-28(21-24(3)4)30(36)34-29(31(37)35-32(5,6)7)22-27-17-15-26(16-18-27)14-13-25-11-9-8-10-12-25/h15-18,23-25,28-29,33H,8-14,19-22H2,1-7H3,(H,34,36)(H,35,37)/t28-,29+/m0/s1. The molecule has 1 aromatic carbocycles. The zero-order chi connectivity index (χ0) is 27.4. The topological polar surface area (TPSA) is 70.2 Å². The third kappa shape index (κ3) is 13.0. The van der Waals surface area contributed by atoms with Crippen LogP contribution in [-0.2, 0) is 22.4 Å². The number of carbonyl (C=O) groups is 2. The molecule has 1 aromatic rings. The van der Waals surface area contributed by atoms with Crippen molar-refractivity contribution in [3.05, 3.63) is 35.4 Å². The molecule has 2 atom stereocenters. The van der Waals surface area contributed by atoms with Crippen LogP contribution in [0, 0.1) is 17.8 Å². The number of nitrogens with one attached hydrogen (secondary N) is 3. The lowest BCUT2D eigenvalue weighted by molar-refractivity contribution is -0.131. The first-order valence-corrected chi connectivity index (χ1v) is 14.9. The summed E-state index contributed by atoms with van der Waals surface area (Å²) in [6, 6.07) is 7.76. The number of rotatable bonds is 14. The van der Waals surface area contributed by atoms with Gasteiger partial charge in [-0.3, -0.25) is 9.59 Å². The van der Waals surface area contributed by atoms with E-state index in [0.29, 0.717) is 18.3 Å². The molecule has 2 amide bonds. The van der Waals surface area contributed by atoms with Crippen molar-refractivity contribution in [1.29, 1.82) is 0 Å². The van der Waals surface area contributed by atoms with Crippen LogP contribution in [0.25, 0.3) is 0 Å². The average Bonchev–Trinajstić information content (AvgIpc) is 2.81. The van der Waals surface area contributed by atoms with E-state index in [-0.39, 0.29) is 23.4 Å². The Morgan fingerprint density at radius 3 is 2.05 bits per heavy atom. The fourth-order valence-electron chi connectivity index (χ4n) is 5.16. The smallest absolute Gasteiger partial charge is 0.243 e. The number of amides is 2. The molecule has 1 aliphatic rings. The Bertz CT molecular complexity index is 804. The molecule has 0 heterocycles. The van der Waals surface area contributed by atoms with Crippen molar-refractivity contribution in [2.24, 2.45) is 17.8 Å². The summed E-state index contributed by atoms with van der Waals surface area (Å²) >= 11 is 0. The SMILES string of the molecule is CC(C)CCN[C@@H](CC(C)C)C(=O)N[C@H](Cc1ccc(CCC2CCCCC2)cc1)C(=O)NC(C)(C)C. The summed E-state index contributed by atoms with van der Waals surface area (Å²) < 4.78 is 0. The molecule has 0 unspecified atom stereocenters. The number of benzene rings is 1. The van der Waals surface area contributed by atoms with Gasteiger partial charge in [0, 0.05) is 12.0 Å². The molecule has 210 valence electrons. The maximum Gasteiger partial charge on any atom is 0.243 e.